The predicted octanol–water partition coefficient (Wildman–Crippen LogP) is 4.58. The summed E-state index contributed by atoms with van der Waals surface area (Å²) in [5.74, 6) is -1.65. The molecule has 3 rings (SSSR count). The maximum absolute atomic E-state index is 13.3. The number of anilines is 1. The molecule has 1 aromatic heterocycles. The Morgan fingerprint density at radius 2 is 1.78 bits per heavy atom. The van der Waals surface area contributed by atoms with E-state index in [1.807, 2.05) is 0 Å². The van der Waals surface area contributed by atoms with Crippen LogP contribution >= 0.6 is 0 Å². The van der Waals surface area contributed by atoms with E-state index < -0.39 is 17.7 Å². The van der Waals surface area contributed by atoms with Gasteiger partial charge in [-0.3, -0.25) is 4.79 Å². The topological polar surface area (TPSA) is 79.3 Å². The molecule has 0 spiro atoms. The summed E-state index contributed by atoms with van der Waals surface area (Å²) in [5, 5.41) is 12.3. The fraction of sp³-hybridized carbons (Fsp3) is 0.105. The number of benzene rings is 2. The second kappa shape index (κ2) is 6.71. The first-order chi connectivity index (χ1) is 12.7. The van der Waals surface area contributed by atoms with Crippen molar-refractivity contribution in [3.05, 3.63) is 59.7 Å². The highest BCUT2D eigenvalue weighted by Gasteiger charge is 2.34. The molecule has 27 heavy (non-hydrogen) atoms. The van der Waals surface area contributed by atoms with Crippen molar-refractivity contribution in [2.45, 2.75) is 13.1 Å². The zero-order valence-electron chi connectivity index (χ0n) is 14.0. The van der Waals surface area contributed by atoms with Crippen molar-refractivity contribution in [2.24, 2.45) is 0 Å². The summed E-state index contributed by atoms with van der Waals surface area (Å²) in [4.78, 5) is 27.1. The number of carboxylic acid groups (broad SMARTS) is 1. The minimum Gasteiger partial charge on any atom is -0.478 e. The molecule has 1 heterocycles. The molecule has 0 atom stereocenters. The lowest BCUT2D eigenvalue weighted by molar-refractivity contribution is -0.137. The number of rotatable bonds is 3. The van der Waals surface area contributed by atoms with E-state index in [9.17, 15) is 27.9 Å². The Morgan fingerprint density at radius 3 is 2.41 bits per heavy atom. The molecule has 138 valence electrons. The molecule has 0 saturated carbocycles. The van der Waals surface area contributed by atoms with Gasteiger partial charge in [-0.2, -0.15) is 13.2 Å². The van der Waals surface area contributed by atoms with Gasteiger partial charge in [0.25, 0.3) is 0 Å². The van der Waals surface area contributed by atoms with Crippen molar-refractivity contribution in [3.8, 4) is 11.3 Å². The number of aromatic nitrogens is 1. The Morgan fingerprint density at radius 1 is 1.07 bits per heavy atom. The molecule has 0 fully saturated rings. The van der Waals surface area contributed by atoms with Crippen LogP contribution in [-0.2, 0) is 11.0 Å². The van der Waals surface area contributed by atoms with Gasteiger partial charge < -0.3 is 10.4 Å². The molecule has 0 unspecified atom stereocenters. The van der Waals surface area contributed by atoms with Crippen molar-refractivity contribution in [1.82, 2.24) is 4.98 Å². The molecule has 2 aromatic carbocycles. The Kier molecular flexibility index (Phi) is 4.57. The first-order valence-electron chi connectivity index (χ1n) is 7.79. The number of aromatic carboxylic acids is 1. The number of pyridine rings is 1. The lowest BCUT2D eigenvalue weighted by Crippen LogP contribution is -2.09. The summed E-state index contributed by atoms with van der Waals surface area (Å²) in [6, 6.07) is 10.3. The van der Waals surface area contributed by atoms with Crippen LogP contribution in [0.4, 0.5) is 18.9 Å². The normalized spacial score (nSPS) is 11.4. The maximum Gasteiger partial charge on any atom is 0.417 e. The van der Waals surface area contributed by atoms with Gasteiger partial charge in [0.05, 0.1) is 22.3 Å². The zero-order chi connectivity index (χ0) is 19.8. The number of alkyl halides is 3. The van der Waals surface area contributed by atoms with Gasteiger partial charge in [-0.15, -0.1) is 0 Å². The largest absolute Gasteiger partial charge is 0.478 e. The average molecular weight is 374 g/mol. The number of carbonyl (C=O) groups excluding carboxylic acids is 1. The Balaban J connectivity index is 2.26. The van der Waals surface area contributed by atoms with Crippen molar-refractivity contribution in [3.63, 3.8) is 0 Å². The number of hydrogen-bond acceptors (Lipinski definition) is 3. The van der Waals surface area contributed by atoms with Gasteiger partial charge >= 0.3 is 12.1 Å². The van der Waals surface area contributed by atoms with Gasteiger partial charge in [0.15, 0.2) is 0 Å². The van der Waals surface area contributed by atoms with Crippen LogP contribution in [0.2, 0.25) is 0 Å². The van der Waals surface area contributed by atoms with E-state index in [0.717, 1.165) is 12.1 Å². The summed E-state index contributed by atoms with van der Waals surface area (Å²) in [6.07, 6.45) is -4.61. The van der Waals surface area contributed by atoms with Crippen LogP contribution in [-0.4, -0.2) is 22.0 Å². The highest BCUT2D eigenvalue weighted by molar-refractivity contribution is 6.05. The van der Waals surface area contributed by atoms with Gasteiger partial charge in [-0.05, 0) is 30.3 Å². The van der Waals surface area contributed by atoms with E-state index in [1.165, 1.54) is 43.3 Å². The molecule has 0 radical (unpaired) electrons. The highest BCUT2D eigenvalue weighted by Crippen LogP contribution is 2.37. The molecule has 0 saturated heterocycles. The number of nitrogens with zero attached hydrogens (tertiary/aromatic N) is 1. The fourth-order valence-corrected chi connectivity index (χ4v) is 2.78. The zero-order valence-corrected chi connectivity index (χ0v) is 14.0. The van der Waals surface area contributed by atoms with Crippen LogP contribution in [0.5, 0.6) is 0 Å². The Bertz CT molecular complexity index is 1060. The van der Waals surface area contributed by atoms with Crippen LogP contribution in [0.1, 0.15) is 22.8 Å². The van der Waals surface area contributed by atoms with Crippen molar-refractivity contribution < 1.29 is 27.9 Å². The van der Waals surface area contributed by atoms with E-state index in [-0.39, 0.29) is 33.6 Å². The molecule has 3 aromatic rings. The van der Waals surface area contributed by atoms with Crippen LogP contribution < -0.4 is 5.32 Å². The number of halogens is 3. The number of nitrogens with one attached hydrogen (secondary N) is 1. The fourth-order valence-electron chi connectivity index (χ4n) is 2.78. The quantitative estimate of drug-likeness (QED) is 0.703. The second-order valence-electron chi connectivity index (χ2n) is 5.82. The number of carboxylic acids is 1. The molecule has 5 nitrogen and oxygen atoms in total. The van der Waals surface area contributed by atoms with E-state index in [2.05, 4.69) is 10.3 Å². The van der Waals surface area contributed by atoms with Crippen molar-refractivity contribution >= 4 is 28.5 Å². The van der Waals surface area contributed by atoms with Crippen LogP contribution in [0, 0.1) is 0 Å². The Labute approximate surface area is 151 Å². The summed E-state index contributed by atoms with van der Waals surface area (Å²) in [7, 11) is 0. The Hall–Kier alpha value is -3.42. The average Bonchev–Trinajstić information content (AvgIpc) is 2.59. The van der Waals surface area contributed by atoms with Gasteiger partial charge in [0.1, 0.15) is 0 Å². The summed E-state index contributed by atoms with van der Waals surface area (Å²) in [6.45, 7) is 1.30. The van der Waals surface area contributed by atoms with Gasteiger partial charge in [0.2, 0.25) is 5.91 Å². The second-order valence-corrected chi connectivity index (χ2v) is 5.82. The lowest BCUT2D eigenvalue weighted by Gasteiger charge is -2.14. The third kappa shape index (κ3) is 3.74. The van der Waals surface area contributed by atoms with Gasteiger partial charge in [-0.1, -0.05) is 18.2 Å². The molecular formula is C19H13F3N2O3. The molecule has 0 aliphatic heterocycles. The molecular weight excluding hydrogens is 361 g/mol. The van der Waals surface area contributed by atoms with Crippen molar-refractivity contribution in [1.29, 1.82) is 0 Å². The molecule has 0 aliphatic carbocycles. The number of fused-ring (bicyclic) bond motifs is 1. The molecule has 0 aliphatic rings. The third-order valence-electron chi connectivity index (χ3n) is 3.87. The molecule has 8 heteroatoms. The predicted molar refractivity (Wildman–Crippen MR) is 93.4 cm³/mol. The van der Waals surface area contributed by atoms with Crippen molar-refractivity contribution in [2.75, 3.05) is 5.32 Å². The number of hydrogen-bond donors (Lipinski definition) is 2. The first-order valence-corrected chi connectivity index (χ1v) is 7.79. The van der Waals surface area contributed by atoms with Crippen LogP contribution in [0.15, 0.2) is 48.5 Å². The standard InChI is InChI=1S/C19H13F3N2O3/c1-10(25)23-11-6-7-16-13(8-11)14(18(26)27)9-17(24-16)12-4-2-3-5-15(12)19(20,21)22/h2-9H,1H3,(H,23,25)(H,26,27). The monoisotopic (exact) mass is 374 g/mol. The maximum atomic E-state index is 13.3. The van der Waals surface area contributed by atoms with E-state index in [1.54, 1.807) is 0 Å². The first kappa shape index (κ1) is 18.4. The summed E-state index contributed by atoms with van der Waals surface area (Å²) in [5.41, 5.74) is -0.846. The van der Waals surface area contributed by atoms with Crippen LogP contribution in [0.3, 0.4) is 0 Å². The smallest absolute Gasteiger partial charge is 0.417 e. The minimum absolute atomic E-state index is 0.0971. The van der Waals surface area contributed by atoms with E-state index >= 15 is 0 Å². The van der Waals surface area contributed by atoms with Gasteiger partial charge in [0, 0.05) is 23.6 Å². The molecule has 0 bridgehead atoms. The summed E-state index contributed by atoms with van der Waals surface area (Å²) >= 11 is 0. The molecule has 1 amide bonds. The minimum atomic E-state index is -4.61. The number of amides is 1. The van der Waals surface area contributed by atoms with Gasteiger partial charge in [-0.25, -0.2) is 9.78 Å². The third-order valence-corrected chi connectivity index (χ3v) is 3.87. The summed E-state index contributed by atoms with van der Waals surface area (Å²) < 4.78 is 39.9. The van der Waals surface area contributed by atoms with E-state index in [4.69, 9.17) is 0 Å². The highest BCUT2D eigenvalue weighted by atomic mass is 19.4. The SMILES string of the molecule is CC(=O)Nc1ccc2nc(-c3ccccc3C(F)(F)F)cc(C(=O)O)c2c1. The lowest BCUT2D eigenvalue weighted by atomic mass is 10.00. The number of carbonyl (C=O) groups is 2. The van der Waals surface area contributed by atoms with Crippen LogP contribution in [0.25, 0.3) is 22.2 Å². The molecule has 2 N–H and O–H groups in total. The van der Waals surface area contributed by atoms with E-state index in [0.29, 0.717) is 5.69 Å².